The van der Waals surface area contributed by atoms with Gasteiger partial charge in [0.1, 0.15) is 0 Å². The van der Waals surface area contributed by atoms with Crippen LogP contribution in [0.5, 0.6) is 5.75 Å². The molecule has 0 spiro atoms. The van der Waals surface area contributed by atoms with Crippen LogP contribution in [0, 0.1) is 11.7 Å². The lowest BCUT2D eigenvalue weighted by atomic mass is 9.86. The lowest BCUT2D eigenvalue weighted by molar-refractivity contribution is -0.124. The number of ether oxygens (including phenoxy) is 1. The second kappa shape index (κ2) is 6.55. The number of nitrogens with one attached hydrogen (secondary N) is 1. The Morgan fingerprint density at radius 2 is 2.11 bits per heavy atom. The van der Waals surface area contributed by atoms with Gasteiger partial charge in [-0.3, -0.25) is 4.79 Å². The van der Waals surface area contributed by atoms with Crippen LogP contribution in [0.15, 0.2) is 24.3 Å². The van der Waals surface area contributed by atoms with Crippen molar-refractivity contribution in [2.75, 3.05) is 6.61 Å². The van der Waals surface area contributed by atoms with E-state index in [2.05, 4.69) is 12.2 Å². The molecule has 2 atom stereocenters. The van der Waals surface area contributed by atoms with Crippen molar-refractivity contribution in [3.63, 3.8) is 0 Å². The van der Waals surface area contributed by atoms with E-state index in [-0.39, 0.29) is 24.3 Å². The minimum atomic E-state index is -0.443. The maximum absolute atomic E-state index is 13.3. The first-order chi connectivity index (χ1) is 9.16. The molecule has 1 aliphatic carbocycles. The molecular weight excluding hydrogens is 245 g/mol. The molecule has 3 nitrogen and oxygen atoms in total. The molecule has 1 aliphatic rings. The van der Waals surface area contributed by atoms with Crippen LogP contribution in [0.4, 0.5) is 4.39 Å². The summed E-state index contributed by atoms with van der Waals surface area (Å²) in [6.45, 7) is 2.02. The second-order valence-corrected chi connectivity index (χ2v) is 5.15. The lowest BCUT2D eigenvalue weighted by Gasteiger charge is -2.29. The van der Waals surface area contributed by atoms with Gasteiger partial charge in [0.05, 0.1) is 0 Å². The standard InChI is InChI=1S/C15H20FNO2/c1-11-6-2-4-8-13(11)17-15(18)10-19-14-9-5-3-7-12(14)16/h3,5,7,9,11,13H,2,4,6,8,10H2,1H3,(H,17,18). The van der Waals surface area contributed by atoms with Crippen LogP contribution in [-0.2, 0) is 4.79 Å². The minimum absolute atomic E-state index is 0.120. The number of carbonyl (C=O) groups excluding carboxylic acids is 1. The SMILES string of the molecule is CC1CCCCC1NC(=O)COc1ccccc1F. The molecule has 0 aromatic heterocycles. The number of benzene rings is 1. The van der Waals surface area contributed by atoms with Crippen molar-refractivity contribution in [2.45, 2.75) is 38.6 Å². The Labute approximate surface area is 113 Å². The Morgan fingerprint density at radius 1 is 1.37 bits per heavy atom. The molecule has 0 saturated heterocycles. The fourth-order valence-electron chi connectivity index (χ4n) is 2.48. The average molecular weight is 265 g/mol. The van der Waals surface area contributed by atoms with Crippen molar-refractivity contribution in [2.24, 2.45) is 5.92 Å². The molecule has 0 aliphatic heterocycles. The van der Waals surface area contributed by atoms with Crippen molar-refractivity contribution in [3.8, 4) is 5.75 Å². The molecule has 0 radical (unpaired) electrons. The highest BCUT2D eigenvalue weighted by Gasteiger charge is 2.22. The Bertz CT molecular complexity index is 436. The first-order valence-electron chi connectivity index (χ1n) is 6.83. The largest absolute Gasteiger partial charge is 0.481 e. The molecule has 0 heterocycles. The van der Waals surface area contributed by atoms with Gasteiger partial charge in [-0.15, -0.1) is 0 Å². The fraction of sp³-hybridized carbons (Fsp3) is 0.533. The van der Waals surface area contributed by atoms with Gasteiger partial charge in [-0.05, 0) is 30.9 Å². The molecule has 0 bridgehead atoms. The summed E-state index contributed by atoms with van der Waals surface area (Å²) in [5.74, 6) is 0.00356. The third-order valence-corrected chi connectivity index (χ3v) is 3.65. The zero-order valence-electron chi connectivity index (χ0n) is 11.2. The van der Waals surface area contributed by atoms with Gasteiger partial charge in [0.2, 0.25) is 0 Å². The van der Waals surface area contributed by atoms with E-state index in [1.807, 2.05) is 0 Å². The smallest absolute Gasteiger partial charge is 0.258 e. The van der Waals surface area contributed by atoms with E-state index in [0.29, 0.717) is 5.92 Å². The van der Waals surface area contributed by atoms with Crippen molar-refractivity contribution < 1.29 is 13.9 Å². The molecule has 1 saturated carbocycles. The Hall–Kier alpha value is -1.58. The molecule has 104 valence electrons. The normalized spacial score (nSPS) is 22.8. The van der Waals surface area contributed by atoms with E-state index in [9.17, 15) is 9.18 Å². The van der Waals surface area contributed by atoms with E-state index < -0.39 is 5.82 Å². The van der Waals surface area contributed by atoms with E-state index in [1.165, 1.54) is 18.6 Å². The summed E-state index contributed by atoms with van der Waals surface area (Å²) in [7, 11) is 0. The predicted octanol–water partition coefficient (Wildman–Crippen LogP) is 2.90. The van der Waals surface area contributed by atoms with Crippen LogP contribution in [0.1, 0.15) is 32.6 Å². The summed E-state index contributed by atoms with van der Waals surface area (Å²) >= 11 is 0. The zero-order chi connectivity index (χ0) is 13.7. The summed E-state index contributed by atoms with van der Waals surface area (Å²) in [5.41, 5.74) is 0. The van der Waals surface area contributed by atoms with Gasteiger partial charge in [0, 0.05) is 6.04 Å². The van der Waals surface area contributed by atoms with Gasteiger partial charge < -0.3 is 10.1 Å². The fourth-order valence-corrected chi connectivity index (χ4v) is 2.48. The number of amides is 1. The molecule has 2 rings (SSSR count). The number of halogens is 1. The highest BCUT2D eigenvalue weighted by molar-refractivity contribution is 5.77. The van der Waals surface area contributed by atoms with Crippen molar-refractivity contribution in [1.82, 2.24) is 5.32 Å². The van der Waals surface area contributed by atoms with Gasteiger partial charge in [-0.1, -0.05) is 31.9 Å². The molecule has 1 aromatic rings. The zero-order valence-corrected chi connectivity index (χ0v) is 11.2. The van der Waals surface area contributed by atoms with Crippen LogP contribution < -0.4 is 10.1 Å². The van der Waals surface area contributed by atoms with Crippen molar-refractivity contribution >= 4 is 5.91 Å². The molecule has 1 aromatic carbocycles. The van der Waals surface area contributed by atoms with Gasteiger partial charge in [-0.2, -0.15) is 0 Å². The average Bonchev–Trinajstić information content (AvgIpc) is 2.40. The van der Waals surface area contributed by atoms with Crippen LogP contribution in [0.3, 0.4) is 0 Å². The van der Waals surface area contributed by atoms with Crippen LogP contribution >= 0.6 is 0 Å². The lowest BCUT2D eigenvalue weighted by Crippen LogP contribution is -2.43. The monoisotopic (exact) mass is 265 g/mol. The molecule has 1 fully saturated rings. The Kier molecular flexibility index (Phi) is 4.77. The van der Waals surface area contributed by atoms with E-state index in [0.717, 1.165) is 19.3 Å². The number of hydrogen-bond donors (Lipinski definition) is 1. The highest BCUT2D eigenvalue weighted by atomic mass is 19.1. The molecule has 1 N–H and O–H groups in total. The predicted molar refractivity (Wildman–Crippen MR) is 71.5 cm³/mol. The van der Waals surface area contributed by atoms with Crippen molar-refractivity contribution in [3.05, 3.63) is 30.1 Å². The van der Waals surface area contributed by atoms with E-state index in [4.69, 9.17) is 4.74 Å². The van der Waals surface area contributed by atoms with Crippen LogP contribution in [0.25, 0.3) is 0 Å². The van der Waals surface area contributed by atoms with E-state index >= 15 is 0 Å². The van der Waals surface area contributed by atoms with E-state index in [1.54, 1.807) is 12.1 Å². The molecule has 2 unspecified atom stereocenters. The Balaban J connectivity index is 1.80. The highest BCUT2D eigenvalue weighted by Crippen LogP contribution is 2.23. The topological polar surface area (TPSA) is 38.3 Å². The van der Waals surface area contributed by atoms with Gasteiger partial charge in [-0.25, -0.2) is 4.39 Å². The number of rotatable bonds is 4. The molecule has 4 heteroatoms. The summed E-state index contributed by atoms with van der Waals surface area (Å²) in [4.78, 5) is 11.8. The molecular formula is C15H20FNO2. The van der Waals surface area contributed by atoms with Gasteiger partial charge >= 0.3 is 0 Å². The quantitative estimate of drug-likeness (QED) is 0.909. The first kappa shape index (κ1) is 13.8. The maximum atomic E-state index is 13.3. The third-order valence-electron chi connectivity index (χ3n) is 3.65. The summed E-state index contributed by atoms with van der Waals surface area (Å²) < 4.78 is 18.5. The number of hydrogen-bond acceptors (Lipinski definition) is 2. The third kappa shape index (κ3) is 3.94. The summed E-state index contributed by atoms with van der Waals surface area (Å²) in [6, 6.07) is 6.33. The van der Waals surface area contributed by atoms with Crippen LogP contribution in [-0.4, -0.2) is 18.6 Å². The molecule has 19 heavy (non-hydrogen) atoms. The Morgan fingerprint density at radius 3 is 2.84 bits per heavy atom. The van der Waals surface area contributed by atoms with Gasteiger partial charge in [0.15, 0.2) is 18.2 Å². The minimum Gasteiger partial charge on any atom is -0.481 e. The number of carbonyl (C=O) groups is 1. The number of para-hydroxylation sites is 1. The second-order valence-electron chi connectivity index (χ2n) is 5.15. The van der Waals surface area contributed by atoms with Crippen LogP contribution in [0.2, 0.25) is 0 Å². The summed E-state index contributed by atoms with van der Waals surface area (Å²) in [5, 5.41) is 2.97. The van der Waals surface area contributed by atoms with Gasteiger partial charge in [0.25, 0.3) is 5.91 Å². The first-order valence-corrected chi connectivity index (χ1v) is 6.83. The maximum Gasteiger partial charge on any atom is 0.258 e. The molecule has 1 amide bonds. The summed E-state index contributed by atoms with van der Waals surface area (Å²) in [6.07, 6.45) is 4.56. The van der Waals surface area contributed by atoms with Crippen molar-refractivity contribution in [1.29, 1.82) is 0 Å².